The standard InChI is InChI=1S/C13H18BrN3O2/c1-9-3-2-4-10(5-9)7-15-13-12(14)6-11(8-16-13)17(18)19/h6,8-10H,2-5,7H2,1H3,(H,15,16). The Bertz CT molecular complexity index is 467. The number of anilines is 1. The monoisotopic (exact) mass is 327 g/mol. The zero-order chi connectivity index (χ0) is 13.8. The molecule has 2 rings (SSSR count). The number of rotatable bonds is 4. The third-order valence-electron chi connectivity index (χ3n) is 3.64. The van der Waals surface area contributed by atoms with Crippen LogP contribution in [0.25, 0.3) is 0 Å². The molecule has 104 valence electrons. The van der Waals surface area contributed by atoms with Gasteiger partial charge in [-0.3, -0.25) is 10.1 Å². The third-order valence-corrected chi connectivity index (χ3v) is 4.25. The summed E-state index contributed by atoms with van der Waals surface area (Å²) in [5, 5.41) is 13.9. The van der Waals surface area contributed by atoms with Crippen LogP contribution in [0.1, 0.15) is 32.6 Å². The lowest BCUT2D eigenvalue weighted by atomic mass is 9.82. The van der Waals surface area contributed by atoms with E-state index in [1.165, 1.54) is 37.9 Å². The van der Waals surface area contributed by atoms with Gasteiger partial charge in [0.25, 0.3) is 5.69 Å². The fraction of sp³-hybridized carbons (Fsp3) is 0.615. The zero-order valence-electron chi connectivity index (χ0n) is 10.9. The van der Waals surface area contributed by atoms with Crippen LogP contribution < -0.4 is 5.32 Å². The molecule has 1 fully saturated rings. The highest BCUT2D eigenvalue weighted by atomic mass is 79.9. The van der Waals surface area contributed by atoms with Crippen molar-refractivity contribution in [3.8, 4) is 0 Å². The molecule has 5 nitrogen and oxygen atoms in total. The van der Waals surface area contributed by atoms with Crippen LogP contribution in [0.5, 0.6) is 0 Å². The Labute approximate surface area is 121 Å². The van der Waals surface area contributed by atoms with Crippen LogP contribution >= 0.6 is 15.9 Å². The quantitative estimate of drug-likeness (QED) is 0.670. The number of nitrogens with one attached hydrogen (secondary N) is 1. The average molecular weight is 328 g/mol. The molecule has 1 aliphatic carbocycles. The van der Waals surface area contributed by atoms with E-state index in [2.05, 4.69) is 33.2 Å². The molecule has 19 heavy (non-hydrogen) atoms. The Kier molecular flexibility index (Phi) is 4.74. The molecular weight excluding hydrogens is 310 g/mol. The molecule has 0 saturated heterocycles. The Morgan fingerprint density at radius 2 is 2.37 bits per heavy atom. The summed E-state index contributed by atoms with van der Waals surface area (Å²) in [6.07, 6.45) is 6.41. The molecule has 0 bridgehead atoms. The molecule has 1 N–H and O–H groups in total. The van der Waals surface area contributed by atoms with Gasteiger partial charge in [0, 0.05) is 12.6 Å². The van der Waals surface area contributed by atoms with Crippen molar-refractivity contribution in [1.82, 2.24) is 4.98 Å². The van der Waals surface area contributed by atoms with Gasteiger partial charge in [-0.15, -0.1) is 0 Å². The van der Waals surface area contributed by atoms with Crippen LogP contribution in [0, 0.1) is 22.0 Å². The summed E-state index contributed by atoms with van der Waals surface area (Å²) in [7, 11) is 0. The summed E-state index contributed by atoms with van der Waals surface area (Å²) in [5.41, 5.74) is 0.00344. The molecule has 1 heterocycles. The normalized spacial score (nSPS) is 23.1. The summed E-state index contributed by atoms with van der Waals surface area (Å²) < 4.78 is 0.644. The summed E-state index contributed by atoms with van der Waals surface area (Å²) in [6.45, 7) is 3.18. The maximum atomic E-state index is 10.6. The van der Waals surface area contributed by atoms with Crippen LogP contribution in [0.3, 0.4) is 0 Å². The van der Waals surface area contributed by atoms with E-state index in [0.29, 0.717) is 16.2 Å². The van der Waals surface area contributed by atoms with E-state index < -0.39 is 4.92 Å². The molecule has 6 heteroatoms. The summed E-state index contributed by atoms with van der Waals surface area (Å²) in [5.74, 6) is 2.16. The van der Waals surface area contributed by atoms with Crippen molar-refractivity contribution in [1.29, 1.82) is 0 Å². The number of nitrogens with zero attached hydrogens (tertiary/aromatic N) is 2. The number of aromatic nitrogens is 1. The minimum absolute atomic E-state index is 0.00344. The second kappa shape index (κ2) is 6.32. The second-order valence-corrected chi connectivity index (χ2v) is 6.15. The fourth-order valence-corrected chi connectivity index (χ4v) is 3.12. The first-order chi connectivity index (χ1) is 9.06. The van der Waals surface area contributed by atoms with Gasteiger partial charge in [0.05, 0.1) is 9.40 Å². The number of hydrogen-bond donors (Lipinski definition) is 1. The van der Waals surface area contributed by atoms with Gasteiger partial charge in [0.15, 0.2) is 0 Å². The van der Waals surface area contributed by atoms with Gasteiger partial charge in [-0.05, 0) is 40.6 Å². The number of halogens is 1. The van der Waals surface area contributed by atoms with Crippen LogP contribution in [0.15, 0.2) is 16.7 Å². The van der Waals surface area contributed by atoms with Crippen LogP contribution in [-0.4, -0.2) is 16.5 Å². The van der Waals surface area contributed by atoms with Crippen molar-refractivity contribution in [3.05, 3.63) is 26.9 Å². The molecule has 0 amide bonds. The minimum atomic E-state index is -0.440. The van der Waals surface area contributed by atoms with Gasteiger partial charge in [0.1, 0.15) is 12.0 Å². The zero-order valence-corrected chi connectivity index (χ0v) is 12.5. The lowest BCUT2D eigenvalue weighted by molar-refractivity contribution is -0.385. The van der Waals surface area contributed by atoms with Gasteiger partial charge in [0.2, 0.25) is 0 Å². The average Bonchev–Trinajstić information content (AvgIpc) is 2.37. The second-order valence-electron chi connectivity index (χ2n) is 5.30. The van der Waals surface area contributed by atoms with Gasteiger partial charge >= 0.3 is 0 Å². The smallest absolute Gasteiger partial charge is 0.288 e. The van der Waals surface area contributed by atoms with E-state index >= 15 is 0 Å². The van der Waals surface area contributed by atoms with E-state index in [4.69, 9.17) is 0 Å². The predicted octanol–water partition coefficient (Wildman–Crippen LogP) is 3.99. The van der Waals surface area contributed by atoms with Crippen LogP contribution in [0.4, 0.5) is 11.5 Å². The van der Waals surface area contributed by atoms with E-state index in [9.17, 15) is 10.1 Å². The SMILES string of the molecule is CC1CCCC(CNc2ncc([N+](=O)[O-])cc2Br)C1. The first-order valence-electron chi connectivity index (χ1n) is 6.60. The Hall–Kier alpha value is -1.17. The molecule has 0 aromatic carbocycles. The third kappa shape index (κ3) is 3.89. The van der Waals surface area contributed by atoms with Crippen molar-refractivity contribution in [2.45, 2.75) is 32.6 Å². The van der Waals surface area contributed by atoms with Crippen LogP contribution in [-0.2, 0) is 0 Å². The first kappa shape index (κ1) is 14.2. The van der Waals surface area contributed by atoms with Crippen LogP contribution in [0.2, 0.25) is 0 Å². The molecule has 2 atom stereocenters. The summed E-state index contributed by atoms with van der Waals surface area (Å²) >= 11 is 3.32. The number of pyridine rings is 1. The van der Waals surface area contributed by atoms with E-state index in [1.807, 2.05) is 0 Å². The maximum absolute atomic E-state index is 10.6. The number of hydrogen-bond acceptors (Lipinski definition) is 4. The van der Waals surface area contributed by atoms with Crippen molar-refractivity contribution in [3.63, 3.8) is 0 Å². The maximum Gasteiger partial charge on any atom is 0.288 e. The molecule has 1 aromatic heterocycles. The summed E-state index contributed by atoms with van der Waals surface area (Å²) in [4.78, 5) is 14.3. The van der Waals surface area contributed by atoms with Gasteiger partial charge in [-0.1, -0.05) is 19.8 Å². The Balaban J connectivity index is 1.94. The molecule has 2 unspecified atom stereocenters. The first-order valence-corrected chi connectivity index (χ1v) is 7.39. The van der Waals surface area contributed by atoms with E-state index in [-0.39, 0.29) is 5.69 Å². The largest absolute Gasteiger partial charge is 0.369 e. The molecule has 0 spiro atoms. The Morgan fingerprint density at radius 1 is 1.58 bits per heavy atom. The van der Waals surface area contributed by atoms with Gasteiger partial charge < -0.3 is 5.32 Å². The molecule has 1 aromatic rings. The highest BCUT2D eigenvalue weighted by Gasteiger charge is 2.19. The topological polar surface area (TPSA) is 68.1 Å². The fourth-order valence-electron chi connectivity index (χ4n) is 2.64. The van der Waals surface area contributed by atoms with Crippen molar-refractivity contribution >= 4 is 27.4 Å². The highest BCUT2D eigenvalue weighted by Crippen LogP contribution is 2.30. The molecule has 0 aliphatic heterocycles. The minimum Gasteiger partial charge on any atom is -0.369 e. The predicted molar refractivity (Wildman–Crippen MR) is 78.2 cm³/mol. The highest BCUT2D eigenvalue weighted by molar-refractivity contribution is 9.10. The Morgan fingerprint density at radius 3 is 3.00 bits per heavy atom. The molecule has 1 aliphatic rings. The summed E-state index contributed by atoms with van der Waals surface area (Å²) in [6, 6.07) is 1.48. The van der Waals surface area contributed by atoms with Gasteiger partial charge in [-0.2, -0.15) is 0 Å². The van der Waals surface area contributed by atoms with Crippen molar-refractivity contribution < 1.29 is 4.92 Å². The van der Waals surface area contributed by atoms with Crippen molar-refractivity contribution in [2.24, 2.45) is 11.8 Å². The van der Waals surface area contributed by atoms with E-state index in [1.54, 1.807) is 0 Å². The molecular formula is C13H18BrN3O2. The van der Waals surface area contributed by atoms with Gasteiger partial charge in [-0.25, -0.2) is 4.98 Å². The lowest BCUT2D eigenvalue weighted by Gasteiger charge is -2.27. The molecule has 1 saturated carbocycles. The molecule has 0 radical (unpaired) electrons. The van der Waals surface area contributed by atoms with Crippen molar-refractivity contribution in [2.75, 3.05) is 11.9 Å². The lowest BCUT2D eigenvalue weighted by Crippen LogP contribution is -2.21. The van der Waals surface area contributed by atoms with E-state index in [0.717, 1.165) is 12.5 Å². The number of nitro groups is 1.